The quantitative estimate of drug-likeness (QED) is 0.281. The Bertz CT molecular complexity index is 1400. The molecule has 2 unspecified atom stereocenters. The Morgan fingerprint density at radius 3 is 2.24 bits per heavy atom. The van der Waals surface area contributed by atoms with Crippen LogP contribution >= 0.6 is 11.3 Å². The Morgan fingerprint density at radius 1 is 1.05 bits per heavy atom. The molecule has 3 nitrogen and oxygen atoms in total. The number of fused-ring (bicyclic) bond motifs is 1. The van der Waals surface area contributed by atoms with Gasteiger partial charge in [-0.1, -0.05) is 59.6 Å². The Balaban J connectivity index is 1.77. The summed E-state index contributed by atoms with van der Waals surface area (Å²) in [5, 5.41) is 16.3. The third-order valence-corrected chi connectivity index (χ3v) is 14.9. The molecule has 2 aromatic heterocycles. The van der Waals surface area contributed by atoms with Gasteiger partial charge in [-0.05, 0) is 94.9 Å². The lowest BCUT2D eigenvalue weighted by atomic mass is 9.71. The molecule has 2 heterocycles. The molecular formula is C34H44F3NO2SSi. The number of hydrogen-bond acceptors (Lipinski definition) is 4. The number of halogens is 3. The van der Waals surface area contributed by atoms with Gasteiger partial charge in [0.1, 0.15) is 6.10 Å². The number of aliphatic hydroxyl groups is 1. The van der Waals surface area contributed by atoms with Gasteiger partial charge in [-0.2, -0.15) is 24.5 Å². The molecule has 0 aliphatic heterocycles. The molecule has 0 amide bonds. The minimum absolute atomic E-state index is 0.0110. The van der Waals surface area contributed by atoms with E-state index in [4.69, 9.17) is 9.41 Å². The van der Waals surface area contributed by atoms with E-state index in [1.54, 1.807) is 11.3 Å². The first-order valence-corrected chi connectivity index (χ1v) is 19.0. The smallest absolute Gasteiger partial charge is 0.410 e. The molecule has 1 aromatic carbocycles. The first-order valence-electron chi connectivity index (χ1n) is 15.1. The molecule has 1 fully saturated rings. The van der Waals surface area contributed by atoms with Gasteiger partial charge in [0, 0.05) is 22.7 Å². The zero-order chi connectivity index (χ0) is 30.7. The maximum Gasteiger partial charge on any atom is 0.416 e. The van der Waals surface area contributed by atoms with Crippen molar-refractivity contribution in [3.05, 3.63) is 74.7 Å². The summed E-state index contributed by atoms with van der Waals surface area (Å²) in [5.41, 5.74) is 5.43. The number of rotatable bonds is 6. The summed E-state index contributed by atoms with van der Waals surface area (Å²) in [6.07, 6.45) is 0.114. The highest BCUT2D eigenvalue weighted by Crippen LogP contribution is 2.53. The second-order valence-corrected chi connectivity index (χ2v) is 20.1. The second kappa shape index (κ2) is 11.2. The van der Waals surface area contributed by atoms with Crippen LogP contribution in [0.25, 0.3) is 11.1 Å². The predicted molar refractivity (Wildman–Crippen MR) is 167 cm³/mol. The summed E-state index contributed by atoms with van der Waals surface area (Å²) in [6.45, 7) is 15.8. The van der Waals surface area contributed by atoms with E-state index >= 15 is 0 Å². The number of thiophene rings is 1. The number of aliphatic hydroxyl groups excluding tert-OH is 1. The SMILES string of the molecule is CC1(C)Cc2nc(C3CCCC3)c(C(O)c3ccc(C(F)(F)F)cc3)c(-c3ccsc3)c2C(O[Si](C)(C)C(C)(C)C)C1. The first-order chi connectivity index (χ1) is 19.5. The van der Waals surface area contributed by atoms with E-state index in [2.05, 4.69) is 59.2 Å². The highest BCUT2D eigenvalue weighted by atomic mass is 32.1. The fraction of sp³-hybridized carbons (Fsp3) is 0.559. The molecule has 42 heavy (non-hydrogen) atoms. The molecule has 0 bridgehead atoms. The van der Waals surface area contributed by atoms with E-state index in [-0.39, 0.29) is 22.5 Å². The van der Waals surface area contributed by atoms with Crippen LogP contribution in [0.1, 0.15) is 118 Å². The summed E-state index contributed by atoms with van der Waals surface area (Å²) >= 11 is 1.60. The van der Waals surface area contributed by atoms with Crippen molar-refractivity contribution in [2.45, 2.75) is 116 Å². The summed E-state index contributed by atoms with van der Waals surface area (Å²) in [5.74, 6) is 0.205. The first kappa shape index (κ1) is 31.4. The summed E-state index contributed by atoms with van der Waals surface area (Å²) in [4.78, 5) is 5.41. The summed E-state index contributed by atoms with van der Waals surface area (Å²) in [7, 11) is -2.20. The van der Waals surface area contributed by atoms with Gasteiger partial charge in [0.25, 0.3) is 0 Å². The van der Waals surface area contributed by atoms with Gasteiger partial charge < -0.3 is 9.53 Å². The van der Waals surface area contributed by atoms with Crippen molar-refractivity contribution < 1.29 is 22.7 Å². The standard InChI is InChI=1S/C34H44F3NO2SSi/c1-32(2,3)42(6,7)40-26-19-33(4,5)18-25-28(26)27(23-16-17-41-20-23)29(30(38-25)21-10-8-9-11-21)31(39)22-12-14-24(15-13-22)34(35,36)37/h12-17,20-21,26,31,39H,8-11,18-19H2,1-7H3. The number of benzene rings is 1. The van der Waals surface area contributed by atoms with E-state index < -0.39 is 26.2 Å². The van der Waals surface area contributed by atoms with Gasteiger partial charge >= 0.3 is 6.18 Å². The second-order valence-electron chi connectivity index (χ2n) is 14.6. The summed E-state index contributed by atoms with van der Waals surface area (Å²) < 4.78 is 47.4. The van der Waals surface area contributed by atoms with Crippen LogP contribution in [0.2, 0.25) is 18.1 Å². The van der Waals surface area contributed by atoms with Gasteiger partial charge in [-0.25, -0.2) is 0 Å². The zero-order valence-electron chi connectivity index (χ0n) is 25.9. The van der Waals surface area contributed by atoms with Crippen molar-refractivity contribution in [1.82, 2.24) is 4.98 Å². The monoisotopic (exact) mass is 615 g/mol. The topological polar surface area (TPSA) is 42.4 Å². The molecule has 1 saturated carbocycles. The number of hydrogen-bond donors (Lipinski definition) is 1. The van der Waals surface area contributed by atoms with Gasteiger partial charge in [0.05, 0.1) is 17.4 Å². The average molecular weight is 616 g/mol. The normalized spacial score (nSPS) is 20.5. The minimum atomic E-state index is -4.44. The number of aromatic nitrogens is 1. The summed E-state index contributed by atoms with van der Waals surface area (Å²) in [6, 6.07) is 7.04. The fourth-order valence-corrected chi connectivity index (χ4v) is 8.37. The Kier molecular flexibility index (Phi) is 8.36. The third-order valence-electron chi connectivity index (χ3n) is 9.71. The molecule has 1 N–H and O–H groups in total. The Labute approximate surface area is 253 Å². The van der Waals surface area contributed by atoms with Crippen molar-refractivity contribution in [3.8, 4) is 11.1 Å². The zero-order valence-corrected chi connectivity index (χ0v) is 27.7. The number of pyridine rings is 1. The maximum absolute atomic E-state index is 13.4. The molecule has 3 aromatic rings. The largest absolute Gasteiger partial charge is 0.416 e. The molecule has 0 saturated heterocycles. The van der Waals surface area contributed by atoms with Crippen molar-refractivity contribution in [2.24, 2.45) is 5.41 Å². The van der Waals surface area contributed by atoms with Crippen molar-refractivity contribution >= 4 is 19.7 Å². The predicted octanol–water partition coefficient (Wildman–Crippen LogP) is 10.6. The van der Waals surface area contributed by atoms with Crippen LogP contribution in [0, 0.1) is 5.41 Å². The molecule has 2 aliphatic carbocycles. The lowest BCUT2D eigenvalue weighted by Crippen LogP contribution is -2.44. The number of nitrogens with zero attached hydrogens (tertiary/aromatic N) is 1. The van der Waals surface area contributed by atoms with E-state index in [0.717, 1.165) is 84.3 Å². The third kappa shape index (κ3) is 6.15. The molecule has 0 radical (unpaired) electrons. The lowest BCUT2D eigenvalue weighted by molar-refractivity contribution is -0.137. The molecular weight excluding hydrogens is 572 g/mol. The van der Waals surface area contributed by atoms with Crippen LogP contribution in [0.4, 0.5) is 13.2 Å². The molecule has 2 atom stereocenters. The van der Waals surface area contributed by atoms with Crippen LogP contribution in [0.3, 0.4) is 0 Å². The molecule has 2 aliphatic rings. The van der Waals surface area contributed by atoms with Crippen LogP contribution in [-0.4, -0.2) is 18.4 Å². The molecule has 0 spiro atoms. The molecule has 8 heteroatoms. The van der Waals surface area contributed by atoms with Crippen LogP contribution < -0.4 is 0 Å². The van der Waals surface area contributed by atoms with Gasteiger partial charge in [-0.15, -0.1) is 0 Å². The van der Waals surface area contributed by atoms with Gasteiger partial charge in [0.15, 0.2) is 8.32 Å². The maximum atomic E-state index is 13.4. The van der Waals surface area contributed by atoms with Crippen LogP contribution in [-0.2, 0) is 17.0 Å². The molecule has 228 valence electrons. The van der Waals surface area contributed by atoms with E-state index in [0.29, 0.717) is 5.56 Å². The van der Waals surface area contributed by atoms with Crippen molar-refractivity contribution in [3.63, 3.8) is 0 Å². The Hall–Kier alpha value is -2.00. The van der Waals surface area contributed by atoms with E-state index in [1.807, 2.05) is 5.38 Å². The highest BCUT2D eigenvalue weighted by molar-refractivity contribution is 7.08. The van der Waals surface area contributed by atoms with E-state index in [1.165, 1.54) is 12.1 Å². The van der Waals surface area contributed by atoms with Gasteiger partial charge in [-0.3, -0.25) is 4.98 Å². The van der Waals surface area contributed by atoms with Crippen molar-refractivity contribution in [1.29, 1.82) is 0 Å². The Morgan fingerprint density at radius 2 is 1.69 bits per heavy atom. The fourth-order valence-electron chi connectivity index (χ4n) is 6.45. The minimum Gasteiger partial charge on any atom is -0.410 e. The molecule has 5 rings (SSSR count). The lowest BCUT2D eigenvalue weighted by Gasteiger charge is -2.45. The van der Waals surface area contributed by atoms with Gasteiger partial charge in [0.2, 0.25) is 0 Å². The van der Waals surface area contributed by atoms with E-state index in [9.17, 15) is 18.3 Å². The number of alkyl halides is 3. The van der Waals surface area contributed by atoms with Crippen LogP contribution in [0.15, 0.2) is 41.1 Å². The highest BCUT2D eigenvalue weighted by Gasteiger charge is 2.45. The van der Waals surface area contributed by atoms with Crippen molar-refractivity contribution in [2.75, 3.05) is 0 Å². The van der Waals surface area contributed by atoms with Crippen LogP contribution in [0.5, 0.6) is 0 Å². The average Bonchev–Trinajstić information content (AvgIpc) is 3.60.